The van der Waals surface area contributed by atoms with Gasteiger partial charge in [0.1, 0.15) is 5.75 Å². The second kappa shape index (κ2) is 7.92. The number of ether oxygens (including phenoxy) is 1. The zero-order valence-corrected chi connectivity index (χ0v) is 16.5. The fourth-order valence-electron chi connectivity index (χ4n) is 2.68. The topological polar surface area (TPSA) is 38.3 Å². The van der Waals surface area contributed by atoms with Crippen molar-refractivity contribution in [3.05, 3.63) is 63.2 Å². The molecule has 0 saturated heterocycles. The van der Waals surface area contributed by atoms with Gasteiger partial charge in [-0.05, 0) is 81.5 Å². The van der Waals surface area contributed by atoms with E-state index in [-0.39, 0.29) is 11.9 Å². The molecule has 0 radical (unpaired) electrons. The molecule has 3 nitrogen and oxygen atoms in total. The molecule has 2 aromatic rings. The first-order chi connectivity index (χ1) is 11.7. The van der Waals surface area contributed by atoms with Gasteiger partial charge in [-0.15, -0.1) is 0 Å². The van der Waals surface area contributed by atoms with Crippen LogP contribution in [0.5, 0.6) is 5.75 Å². The van der Waals surface area contributed by atoms with Crippen LogP contribution in [0.25, 0.3) is 0 Å². The Bertz CT molecular complexity index is 762. The van der Waals surface area contributed by atoms with E-state index in [4.69, 9.17) is 16.3 Å². The van der Waals surface area contributed by atoms with Gasteiger partial charge in [0, 0.05) is 5.02 Å². The van der Waals surface area contributed by atoms with Gasteiger partial charge in [0.25, 0.3) is 5.91 Å². The average Bonchev–Trinajstić information content (AvgIpc) is 2.54. The third-order valence-electron chi connectivity index (χ3n) is 4.48. The Balaban J connectivity index is 2.03. The number of nitrogens with one attached hydrogen (secondary N) is 1. The van der Waals surface area contributed by atoms with Crippen molar-refractivity contribution in [1.29, 1.82) is 0 Å². The predicted molar refractivity (Wildman–Crippen MR) is 103 cm³/mol. The van der Waals surface area contributed by atoms with Gasteiger partial charge < -0.3 is 10.1 Å². The monoisotopic (exact) mass is 359 g/mol. The van der Waals surface area contributed by atoms with Crippen LogP contribution < -0.4 is 10.1 Å². The molecule has 4 heteroatoms. The number of carbonyl (C=O) groups is 1. The van der Waals surface area contributed by atoms with Crippen LogP contribution >= 0.6 is 11.6 Å². The summed E-state index contributed by atoms with van der Waals surface area (Å²) < 4.78 is 5.80. The highest BCUT2D eigenvalue weighted by Crippen LogP contribution is 2.26. The first kappa shape index (κ1) is 19.3. The lowest BCUT2D eigenvalue weighted by Gasteiger charge is -2.20. The van der Waals surface area contributed by atoms with Crippen molar-refractivity contribution in [2.75, 3.05) is 0 Å². The molecule has 1 N–H and O–H groups in total. The molecular formula is C21H26ClNO2. The lowest BCUT2D eigenvalue weighted by Crippen LogP contribution is -2.37. The van der Waals surface area contributed by atoms with Crippen molar-refractivity contribution in [3.8, 4) is 5.75 Å². The standard InChI is InChI=1S/C21H26ClNO2/c1-12-7-8-18(9-13(12)2)16(5)23-21(24)17(6)25-19-10-14(3)20(22)15(4)11-19/h7-11,16-17H,1-6H3,(H,23,24)/t16-,17-/m0/s1. The molecule has 0 aliphatic carbocycles. The Labute approximate surface area is 155 Å². The van der Waals surface area contributed by atoms with E-state index < -0.39 is 6.10 Å². The van der Waals surface area contributed by atoms with E-state index in [1.165, 1.54) is 11.1 Å². The van der Waals surface area contributed by atoms with Crippen molar-refractivity contribution < 1.29 is 9.53 Å². The second-order valence-electron chi connectivity index (χ2n) is 6.71. The summed E-state index contributed by atoms with van der Waals surface area (Å²) in [7, 11) is 0. The lowest BCUT2D eigenvalue weighted by atomic mass is 10.0. The highest BCUT2D eigenvalue weighted by atomic mass is 35.5. The van der Waals surface area contributed by atoms with Crippen molar-refractivity contribution in [2.24, 2.45) is 0 Å². The van der Waals surface area contributed by atoms with Gasteiger partial charge in [0.2, 0.25) is 0 Å². The number of carbonyl (C=O) groups excluding carboxylic acids is 1. The van der Waals surface area contributed by atoms with Crippen molar-refractivity contribution >= 4 is 17.5 Å². The highest BCUT2D eigenvalue weighted by Gasteiger charge is 2.18. The maximum Gasteiger partial charge on any atom is 0.261 e. The number of aryl methyl sites for hydroxylation is 4. The van der Waals surface area contributed by atoms with Crippen LogP contribution in [-0.4, -0.2) is 12.0 Å². The number of hydrogen-bond acceptors (Lipinski definition) is 2. The van der Waals surface area contributed by atoms with Crippen LogP contribution in [0.4, 0.5) is 0 Å². The maximum absolute atomic E-state index is 12.5. The average molecular weight is 360 g/mol. The SMILES string of the molecule is Cc1ccc([C@H](C)NC(=O)[C@H](C)Oc2cc(C)c(Cl)c(C)c2)cc1C. The summed E-state index contributed by atoms with van der Waals surface area (Å²) in [4.78, 5) is 12.5. The van der Waals surface area contributed by atoms with Gasteiger partial charge in [-0.25, -0.2) is 0 Å². The van der Waals surface area contributed by atoms with Crippen molar-refractivity contribution in [1.82, 2.24) is 5.32 Å². The molecule has 0 aliphatic rings. The normalized spacial score (nSPS) is 13.2. The summed E-state index contributed by atoms with van der Waals surface area (Å²) in [6.45, 7) is 11.7. The largest absolute Gasteiger partial charge is 0.481 e. The molecule has 0 saturated carbocycles. The van der Waals surface area contributed by atoms with E-state index >= 15 is 0 Å². The maximum atomic E-state index is 12.5. The van der Waals surface area contributed by atoms with Crippen molar-refractivity contribution in [2.45, 2.75) is 53.7 Å². The molecule has 0 spiro atoms. The number of benzene rings is 2. The lowest BCUT2D eigenvalue weighted by molar-refractivity contribution is -0.127. The smallest absolute Gasteiger partial charge is 0.261 e. The third kappa shape index (κ3) is 4.76. The minimum atomic E-state index is -0.589. The molecule has 0 fully saturated rings. The van der Waals surface area contributed by atoms with Gasteiger partial charge in [-0.1, -0.05) is 29.8 Å². The summed E-state index contributed by atoms with van der Waals surface area (Å²) >= 11 is 6.17. The fraction of sp³-hybridized carbons (Fsp3) is 0.381. The molecule has 0 bridgehead atoms. The van der Waals surface area contributed by atoms with Crippen LogP contribution in [0.2, 0.25) is 5.02 Å². The Hall–Kier alpha value is -2.00. The van der Waals surface area contributed by atoms with Crippen LogP contribution in [0.1, 0.15) is 47.7 Å². The Morgan fingerprint density at radius 2 is 1.56 bits per heavy atom. The number of rotatable bonds is 5. The summed E-state index contributed by atoms with van der Waals surface area (Å²) in [6.07, 6.45) is -0.589. The molecule has 0 aromatic heterocycles. The van der Waals surface area contributed by atoms with E-state index in [9.17, 15) is 4.79 Å². The Kier molecular flexibility index (Phi) is 6.12. The fourth-order valence-corrected chi connectivity index (χ4v) is 2.79. The van der Waals surface area contributed by atoms with E-state index in [0.29, 0.717) is 5.75 Å². The number of amides is 1. The molecule has 1 amide bonds. The van der Waals surface area contributed by atoms with E-state index in [0.717, 1.165) is 21.7 Å². The molecule has 2 rings (SSSR count). The number of hydrogen-bond donors (Lipinski definition) is 1. The van der Waals surface area contributed by atoms with E-state index in [1.54, 1.807) is 6.92 Å². The highest BCUT2D eigenvalue weighted by molar-refractivity contribution is 6.32. The van der Waals surface area contributed by atoms with Gasteiger partial charge in [-0.2, -0.15) is 0 Å². The minimum absolute atomic E-state index is 0.0773. The molecule has 0 unspecified atom stereocenters. The Morgan fingerprint density at radius 1 is 0.960 bits per heavy atom. The van der Waals surface area contributed by atoms with E-state index in [1.807, 2.05) is 39.0 Å². The zero-order chi connectivity index (χ0) is 18.7. The third-order valence-corrected chi connectivity index (χ3v) is 5.08. The first-order valence-electron chi connectivity index (χ1n) is 8.50. The van der Waals surface area contributed by atoms with Crippen LogP contribution in [0.3, 0.4) is 0 Å². The zero-order valence-electron chi connectivity index (χ0n) is 15.7. The van der Waals surface area contributed by atoms with Crippen LogP contribution in [0.15, 0.2) is 30.3 Å². The van der Waals surface area contributed by atoms with Gasteiger partial charge in [0.15, 0.2) is 6.10 Å². The van der Waals surface area contributed by atoms with Crippen LogP contribution in [0, 0.1) is 27.7 Å². The van der Waals surface area contributed by atoms with Crippen LogP contribution in [-0.2, 0) is 4.79 Å². The molecule has 2 aromatic carbocycles. The molecule has 0 heterocycles. The van der Waals surface area contributed by atoms with Gasteiger partial charge in [-0.3, -0.25) is 4.79 Å². The summed E-state index contributed by atoms with van der Waals surface area (Å²) in [5, 5.41) is 3.74. The first-order valence-corrected chi connectivity index (χ1v) is 8.87. The van der Waals surface area contributed by atoms with Crippen molar-refractivity contribution in [3.63, 3.8) is 0 Å². The molecular weight excluding hydrogens is 334 g/mol. The summed E-state index contributed by atoms with van der Waals surface area (Å²) in [5.41, 5.74) is 5.42. The molecule has 0 aliphatic heterocycles. The Morgan fingerprint density at radius 3 is 2.12 bits per heavy atom. The second-order valence-corrected chi connectivity index (χ2v) is 7.08. The quantitative estimate of drug-likeness (QED) is 0.794. The van der Waals surface area contributed by atoms with Gasteiger partial charge >= 0.3 is 0 Å². The summed E-state index contributed by atoms with van der Waals surface area (Å²) in [5.74, 6) is 0.511. The predicted octanol–water partition coefficient (Wildman–Crippen LogP) is 5.22. The number of halogens is 1. The molecule has 25 heavy (non-hydrogen) atoms. The summed E-state index contributed by atoms with van der Waals surface area (Å²) in [6, 6.07) is 9.86. The molecule has 134 valence electrons. The van der Waals surface area contributed by atoms with E-state index in [2.05, 4.69) is 31.3 Å². The minimum Gasteiger partial charge on any atom is -0.481 e. The van der Waals surface area contributed by atoms with Gasteiger partial charge in [0.05, 0.1) is 6.04 Å². The molecule has 2 atom stereocenters.